The number of carbonyl (C=O) groups excluding carboxylic acids is 1. The van der Waals surface area contributed by atoms with Crippen LogP contribution in [0.25, 0.3) is 16.9 Å². The molecule has 3 aromatic rings. The highest BCUT2D eigenvalue weighted by Crippen LogP contribution is 2.35. The Morgan fingerprint density at radius 2 is 1.78 bits per heavy atom. The van der Waals surface area contributed by atoms with Crippen molar-refractivity contribution in [2.75, 3.05) is 13.4 Å². The molecule has 2 aromatic carbocycles. The number of ether oxygens (including phenoxy) is 1. The van der Waals surface area contributed by atoms with E-state index in [0.717, 1.165) is 16.8 Å². The zero-order valence-electron chi connectivity index (χ0n) is 14.5. The van der Waals surface area contributed by atoms with Crippen molar-refractivity contribution in [1.82, 2.24) is 9.78 Å². The monoisotopic (exact) mass is 440 g/mol. The van der Waals surface area contributed by atoms with Gasteiger partial charge in [0.25, 0.3) is 0 Å². The van der Waals surface area contributed by atoms with Crippen LogP contribution in [0, 0.1) is 0 Å². The Hall–Kier alpha value is -1.66. The molecule has 0 radical (unpaired) electrons. The summed E-state index contributed by atoms with van der Waals surface area (Å²) in [6, 6.07) is 12.5. The molecule has 0 aliphatic rings. The number of carbonyl (C=O) groups is 1. The van der Waals surface area contributed by atoms with Gasteiger partial charge in [0.2, 0.25) is 0 Å². The second-order valence-electron chi connectivity index (χ2n) is 5.61. The molecular weight excluding hydrogens is 427 g/mol. The van der Waals surface area contributed by atoms with E-state index in [0.29, 0.717) is 26.5 Å². The van der Waals surface area contributed by atoms with E-state index in [1.807, 2.05) is 18.4 Å². The second kappa shape index (κ2) is 8.57. The molecule has 4 nitrogen and oxygen atoms in total. The van der Waals surface area contributed by atoms with Crippen molar-refractivity contribution in [2.45, 2.75) is 5.75 Å². The lowest BCUT2D eigenvalue weighted by Gasteiger charge is -2.11. The van der Waals surface area contributed by atoms with Crippen molar-refractivity contribution in [2.24, 2.45) is 0 Å². The fraction of sp³-hybridized carbons (Fsp3) is 0.158. The number of benzene rings is 2. The van der Waals surface area contributed by atoms with Gasteiger partial charge in [0.15, 0.2) is 5.69 Å². The minimum absolute atomic E-state index is 0.253. The molecule has 1 heterocycles. The van der Waals surface area contributed by atoms with E-state index in [2.05, 4.69) is 5.10 Å². The molecule has 0 spiro atoms. The fourth-order valence-corrected chi connectivity index (χ4v) is 3.90. The zero-order valence-corrected chi connectivity index (χ0v) is 17.6. The van der Waals surface area contributed by atoms with Crippen molar-refractivity contribution >= 4 is 52.5 Å². The maximum Gasteiger partial charge on any atom is 0.358 e. The Bertz CT molecular complexity index is 987. The lowest BCUT2D eigenvalue weighted by atomic mass is 10.1. The van der Waals surface area contributed by atoms with Gasteiger partial charge in [-0.05, 0) is 36.6 Å². The van der Waals surface area contributed by atoms with Gasteiger partial charge in [-0.1, -0.05) is 46.9 Å². The number of rotatable bonds is 5. The first-order valence-electron chi connectivity index (χ1n) is 7.86. The van der Waals surface area contributed by atoms with Crippen molar-refractivity contribution < 1.29 is 9.53 Å². The van der Waals surface area contributed by atoms with Gasteiger partial charge in [-0.2, -0.15) is 16.9 Å². The molecule has 0 fully saturated rings. The fourth-order valence-electron chi connectivity index (χ4n) is 2.72. The van der Waals surface area contributed by atoms with Gasteiger partial charge in [0, 0.05) is 26.9 Å². The maximum atomic E-state index is 12.3. The van der Waals surface area contributed by atoms with E-state index in [9.17, 15) is 4.79 Å². The number of aromatic nitrogens is 2. The SMILES string of the molecule is COC(=O)c1nn(-c2ccc(Cl)cc2Cl)c(-c2ccc(Cl)cc2)c1CSC. The molecular formula is C19H15Cl3N2O2S. The van der Waals surface area contributed by atoms with Gasteiger partial charge < -0.3 is 4.74 Å². The molecule has 0 atom stereocenters. The lowest BCUT2D eigenvalue weighted by Crippen LogP contribution is -2.06. The van der Waals surface area contributed by atoms with Crippen LogP contribution in [0.15, 0.2) is 42.5 Å². The summed E-state index contributed by atoms with van der Waals surface area (Å²) >= 11 is 20.1. The van der Waals surface area contributed by atoms with Crippen LogP contribution < -0.4 is 0 Å². The Morgan fingerprint density at radius 1 is 1.11 bits per heavy atom. The lowest BCUT2D eigenvalue weighted by molar-refractivity contribution is 0.0592. The van der Waals surface area contributed by atoms with Crippen LogP contribution in [-0.2, 0) is 10.5 Å². The smallest absolute Gasteiger partial charge is 0.358 e. The zero-order chi connectivity index (χ0) is 19.6. The molecule has 0 amide bonds. The Labute approximate surface area is 176 Å². The van der Waals surface area contributed by atoms with Crippen LogP contribution in [0.5, 0.6) is 0 Å². The summed E-state index contributed by atoms with van der Waals surface area (Å²) < 4.78 is 6.59. The van der Waals surface area contributed by atoms with Crippen LogP contribution in [0.3, 0.4) is 0 Å². The van der Waals surface area contributed by atoms with Crippen LogP contribution in [0.2, 0.25) is 15.1 Å². The molecule has 0 aliphatic carbocycles. The first-order chi connectivity index (χ1) is 13.0. The van der Waals surface area contributed by atoms with Crippen molar-refractivity contribution in [1.29, 1.82) is 0 Å². The Balaban J connectivity index is 2.33. The maximum absolute atomic E-state index is 12.3. The molecule has 27 heavy (non-hydrogen) atoms. The molecule has 1 aromatic heterocycles. The molecule has 3 rings (SSSR count). The number of nitrogens with zero attached hydrogens (tertiary/aromatic N) is 2. The average molecular weight is 442 g/mol. The summed E-state index contributed by atoms with van der Waals surface area (Å²) in [5, 5.41) is 6.09. The number of esters is 1. The first-order valence-corrected chi connectivity index (χ1v) is 10.4. The molecule has 140 valence electrons. The van der Waals surface area contributed by atoms with E-state index in [4.69, 9.17) is 39.5 Å². The summed E-state index contributed by atoms with van der Waals surface area (Å²) in [4.78, 5) is 12.3. The van der Waals surface area contributed by atoms with Crippen LogP contribution in [0.4, 0.5) is 0 Å². The van der Waals surface area contributed by atoms with Gasteiger partial charge in [0.1, 0.15) is 0 Å². The number of hydrogen-bond acceptors (Lipinski definition) is 4. The van der Waals surface area contributed by atoms with E-state index >= 15 is 0 Å². The van der Waals surface area contributed by atoms with Gasteiger partial charge in [-0.15, -0.1) is 0 Å². The van der Waals surface area contributed by atoms with Crippen molar-refractivity contribution in [3.8, 4) is 16.9 Å². The van der Waals surface area contributed by atoms with Gasteiger partial charge in [-0.3, -0.25) is 0 Å². The molecule has 0 saturated heterocycles. The molecule has 0 unspecified atom stereocenters. The number of thioether (sulfide) groups is 1. The minimum atomic E-state index is -0.502. The van der Waals surface area contributed by atoms with E-state index in [1.54, 1.807) is 46.8 Å². The average Bonchev–Trinajstić information content (AvgIpc) is 3.01. The van der Waals surface area contributed by atoms with E-state index in [-0.39, 0.29) is 5.69 Å². The van der Waals surface area contributed by atoms with Crippen molar-refractivity contribution in [3.05, 3.63) is 68.8 Å². The van der Waals surface area contributed by atoms with Gasteiger partial charge in [-0.25, -0.2) is 9.48 Å². The third-order valence-corrected chi connectivity index (χ3v) is 5.27. The summed E-state index contributed by atoms with van der Waals surface area (Å²) in [6.07, 6.45) is 1.96. The third-order valence-electron chi connectivity index (χ3n) is 3.91. The van der Waals surface area contributed by atoms with E-state index in [1.165, 1.54) is 7.11 Å². The normalized spacial score (nSPS) is 10.9. The molecule has 0 N–H and O–H groups in total. The highest BCUT2D eigenvalue weighted by atomic mass is 35.5. The van der Waals surface area contributed by atoms with Crippen LogP contribution >= 0.6 is 46.6 Å². The number of halogens is 3. The quantitative estimate of drug-likeness (QED) is 0.445. The number of hydrogen-bond donors (Lipinski definition) is 0. The molecule has 8 heteroatoms. The molecule has 0 saturated carbocycles. The highest BCUT2D eigenvalue weighted by Gasteiger charge is 2.26. The Kier molecular flexibility index (Phi) is 6.37. The van der Waals surface area contributed by atoms with E-state index < -0.39 is 5.97 Å². The van der Waals surface area contributed by atoms with Crippen molar-refractivity contribution in [3.63, 3.8) is 0 Å². The predicted octanol–water partition coefficient (Wildman–Crippen LogP) is 6.15. The summed E-state index contributed by atoms with van der Waals surface area (Å²) in [6.45, 7) is 0. The standard InChI is InChI=1S/C19H15Cl3N2O2S/c1-26-19(25)17-14(10-27-2)18(11-3-5-12(20)6-4-11)24(23-17)16-8-7-13(21)9-15(16)22/h3-9H,10H2,1-2H3. The molecule has 0 bridgehead atoms. The Morgan fingerprint density at radius 3 is 2.37 bits per heavy atom. The summed E-state index contributed by atoms with van der Waals surface area (Å²) in [7, 11) is 1.33. The minimum Gasteiger partial charge on any atom is -0.464 e. The van der Waals surface area contributed by atoms with Gasteiger partial charge >= 0.3 is 5.97 Å². The largest absolute Gasteiger partial charge is 0.464 e. The van der Waals surface area contributed by atoms with Gasteiger partial charge in [0.05, 0.1) is 23.5 Å². The highest BCUT2D eigenvalue weighted by molar-refractivity contribution is 7.97. The predicted molar refractivity (Wildman–Crippen MR) is 113 cm³/mol. The first kappa shape index (κ1) is 20.1. The van der Waals surface area contributed by atoms with Crippen LogP contribution in [0.1, 0.15) is 16.1 Å². The summed E-state index contributed by atoms with van der Waals surface area (Å²) in [5.41, 5.74) is 3.25. The second-order valence-corrected chi connectivity index (χ2v) is 7.76. The number of methoxy groups -OCH3 is 1. The third kappa shape index (κ3) is 4.11. The topological polar surface area (TPSA) is 44.1 Å². The molecule has 0 aliphatic heterocycles. The summed E-state index contributed by atoms with van der Waals surface area (Å²) in [5.74, 6) is 0.0752. The van der Waals surface area contributed by atoms with Crippen LogP contribution in [-0.4, -0.2) is 29.1 Å².